The number of rotatable bonds is 8. The van der Waals surface area contributed by atoms with Crippen LogP contribution in [0.15, 0.2) is 49.9 Å². The van der Waals surface area contributed by atoms with E-state index in [-0.39, 0.29) is 32.8 Å². The molecule has 0 aromatic heterocycles. The lowest BCUT2D eigenvalue weighted by molar-refractivity contribution is -0.140. The molecular formula is C18H17BrCl2FN3O4S. The molecule has 30 heavy (non-hydrogen) atoms. The summed E-state index contributed by atoms with van der Waals surface area (Å²) in [6.45, 7) is 4.88. The van der Waals surface area contributed by atoms with E-state index in [2.05, 4.69) is 26.2 Å². The summed E-state index contributed by atoms with van der Waals surface area (Å²) >= 11 is 15.0. The number of hydrogen-bond acceptors (Lipinski definition) is 7. The molecule has 2 aromatic rings. The molecule has 0 saturated carbocycles. The average molecular weight is 541 g/mol. The highest BCUT2D eigenvalue weighted by Crippen LogP contribution is 2.43. The minimum atomic E-state index is -5.04. The lowest BCUT2D eigenvalue weighted by atomic mass is 10.2. The fourth-order valence-electron chi connectivity index (χ4n) is 2.44. The number of esters is 1. The Bertz CT molecular complexity index is 1070. The van der Waals surface area contributed by atoms with Crippen LogP contribution < -0.4 is 4.90 Å². The quantitative estimate of drug-likeness (QED) is 0.172. The average Bonchev–Trinajstić information content (AvgIpc) is 2.67. The van der Waals surface area contributed by atoms with Gasteiger partial charge in [-0.25, -0.2) is 0 Å². The maximum atomic E-state index is 13.3. The molecule has 12 heteroatoms. The second kappa shape index (κ2) is 10.5. The molecule has 0 atom stereocenters. The molecule has 0 amide bonds. The van der Waals surface area contributed by atoms with E-state index in [1.54, 1.807) is 12.1 Å². The van der Waals surface area contributed by atoms with Crippen molar-refractivity contribution in [1.29, 1.82) is 0 Å². The first-order valence-corrected chi connectivity index (χ1v) is 11.5. The molecule has 0 aliphatic carbocycles. The fraction of sp³-hybridized carbons (Fsp3) is 0.278. The van der Waals surface area contributed by atoms with Gasteiger partial charge in [-0.3, -0.25) is 4.79 Å². The van der Waals surface area contributed by atoms with Gasteiger partial charge >= 0.3 is 16.2 Å². The van der Waals surface area contributed by atoms with Crippen LogP contribution in [0.1, 0.15) is 13.8 Å². The number of halogens is 4. The monoisotopic (exact) mass is 539 g/mol. The summed E-state index contributed by atoms with van der Waals surface area (Å²) in [6.07, 6.45) is 0. The van der Waals surface area contributed by atoms with Crippen molar-refractivity contribution in [1.82, 2.24) is 0 Å². The van der Waals surface area contributed by atoms with E-state index < -0.39 is 15.1 Å². The van der Waals surface area contributed by atoms with Crippen molar-refractivity contribution in [2.45, 2.75) is 18.7 Å². The largest absolute Gasteiger partial charge is 0.464 e. The first kappa shape index (κ1) is 24.5. The minimum Gasteiger partial charge on any atom is -0.464 e. The topological polar surface area (TPSA) is 88.4 Å². The number of ether oxygens (including phenoxy) is 1. The van der Waals surface area contributed by atoms with Gasteiger partial charge in [0.2, 0.25) is 0 Å². The fourth-order valence-corrected chi connectivity index (χ4v) is 4.49. The van der Waals surface area contributed by atoms with Crippen LogP contribution >= 0.6 is 39.1 Å². The van der Waals surface area contributed by atoms with Crippen molar-refractivity contribution in [3.05, 3.63) is 44.8 Å². The SMILES string of the molecule is CCN(CCOC(C)=O)c1ccc(/N=N/c2c(Cl)cc(S(=O)(=O)F)c(Cl)c2Br)cc1. The molecule has 0 spiro atoms. The van der Waals surface area contributed by atoms with Crippen molar-refractivity contribution < 1.29 is 21.8 Å². The molecule has 0 radical (unpaired) electrons. The van der Waals surface area contributed by atoms with E-state index in [9.17, 15) is 17.1 Å². The summed E-state index contributed by atoms with van der Waals surface area (Å²) in [7, 11) is -5.04. The Labute approximate surface area is 192 Å². The van der Waals surface area contributed by atoms with Crippen molar-refractivity contribution in [3.63, 3.8) is 0 Å². The number of azo groups is 1. The molecular weight excluding hydrogens is 524 g/mol. The van der Waals surface area contributed by atoms with E-state index in [0.29, 0.717) is 18.8 Å². The molecule has 162 valence electrons. The lowest BCUT2D eigenvalue weighted by Gasteiger charge is -2.22. The third kappa shape index (κ3) is 6.37. The first-order valence-electron chi connectivity index (χ1n) is 8.56. The first-order chi connectivity index (χ1) is 14.0. The molecule has 0 unspecified atom stereocenters. The zero-order valence-corrected chi connectivity index (χ0v) is 19.8. The Morgan fingerprint density at radius 3 is 2.40 bits per heavy atom. The maximum absolute atomic E-state index is 13.3. The highest BCUT2D eigenvalue weighted by atomic mass is 79.9. The molecule has 0 N–H and O–H groups in total. The highest BCUT2D eigenvalue weighted by Gasteiger charge is 2.23. The van der Waals surface area contributed by atoms with Gasteiger partial charge in [0.15, 0.2) is 0 Å². The van der Waals surface area contributed by atoms with Gasteiger partial charge in [-0.15, -0.1) is 9.00 Å². The Morgan fingerprint density at radius 2 is 1.87 bits per heavy atom. The van der Waals surface area contributed by atoms with Crippen LogP contribution in [0.4, 0.5) is 20.9 Å². The molecule has 0 saturated heterocycles. The standard InChI is InChI=1S/C18H17BrCl2FN3O4S/c1-3-25(8-9-29-11(2)26)13-6-4-12(5-7-13)23-24-18-14(20)10-15(30(22,27)28)17(21)16(18)19/h4-7,10H,3,8-9H2,1-2H3/b24-23+. The summed E-state index contributed by atoms with van der Waals surface area (Å²) in [5.74, 6) is -0.330. The predicted molar refractivity (Wildman–Crippen MR) is 118 cm³/mol. The number of likely N-dealkylation sites (N-methyl/N-ethyl adjacent to an activating group) is 1. The molecule has 0 fully saturated rings. The van der Waals surface area contributed by atoms with Crippen LogP contribution in [0.3, 0.4) is 0 Å². The normalized spacial score (nSPS) is 11.7. The maximum Gasteiger partial charge on any atom is 0.333 e. The molecule has 0 bridgehead atoms. The smallest absolute Gasteiger partial charge is 0.333 e. The van der Waals surface area contributed by atoms with Gasteiger partial charge < -0.3 is 9.64 Å². The van der Waals surface area contributed by atoms with Gasteiger partial charge in [-0.1, -0.05) is 23.2 Å². The Morgan fingerprint density at radius 1 is 1.23 bits per heavy atom. The molecule has 2 aromatic carbocycles. The molecule has 2 rings (SSSR count). The van der Waals surface area contributed by atoms with Crippen LogP contribution in [0.5, 0.6) is 0 Å². The van der Waals surface area contributed by atoms with Crippen molar-refractivity contribution in [2.24, 2.45) is 10.2 Å². The van der Waals surface area contributed by atoms with Gasteiger partial charge in [0.25, 0.3) is 0 Å². The number of hydrogen-bond donors (Lipinski definition) is 0. The summed E-state index contributed by atoms with van der Waals surface area (Å²) in [4.78, 5) is 12.2. The van der Waals surface area contributed by atoms with Gasteiger partial charge in [0.1, 0.15) is 17.2 Å². The molecule has 7 nitrogen and oxygen atoms in total. The van der Waals surface area contributed by atoms with Gasteiger partial charge in [0.05, 0.1) is 26.8 Å². The zero-order chi connectivity index (χ0) is 22.5. The summed E-state index contributed by atoms with van der Waals surface area (Å²) in [5, 5.41) is 7.55. The van der Waals surface area contributed by atoms with Gasteiger partial charge in [-0.05, 0) is 53.2 Å². The summed E-state index contributed by atoms with van der Waals surface area (Å²) < 4.78 is 40.6. The van der Waals surface area contributed by atoms with Gasteiger partial charge in [-0.2, -0.15) is 13.5 Å². The third-order valence-corrected chi connectivity index (χ3v) is 6.53. The van der Waals surface area contributed by atoms with Crippen LogP contribution in [0.2, 0.25) is 10.0 Å². The second-order valence-corrected chi connectivity index (χ2v) is 8.80. The molecule has 0 aliphatic heterocycles. The van der Waals surface area contributed by atoms with Crippen molar-refractivity contribution >= 4 is 72.4 Å². The second-order valence-electron chi connectivity index (χ2n) is 5.91. The number of carbonyl (C=O) groups excluding carboxylic acids is 1. The summed E-state index contributed by atoms with van der Waals surface area (Å²) in [6, 6.07) is 7.97. The predicted octanol–water partition coefficient (Wildman–Crippen LogP) is 6.22. The number of benzene rings is 2. The van der Waals surface area contributed by atoms with Crippen molar-refractivity contribution in [3.8, 4) is 0 Å². The number of carbonyl (C=O) groups is 1. The van der Waals surface area contributed by atoms with Crippen LogP contribution in [0, 0.1) is 0 Å². The highest BCUT2D eigenvalue weighted by molar-refractivity contribution is 9.10. The van der Waals surface area contributed by atoms with E-state index in [4.69, 9.17) is 27.9 Å². The number of nitrogens with zero attached hydrogens (tertiary/aromatic N) is 3. The zero-order valence-electron chi connectivity index (χ0n) is 15.9. The lowest BCUT2D eigenvalue weighted by Crippen LogP contribution is -2.27. The number of anilines is 1. The van der Waals surface area contributed by atoms with Crippen LogP contribution in [-0.4, -0.2) is 34.1 Å². The van der Waals surface area contributed by atoms with Crippen molar-refractivity contribution in [2.75, 3.05) is 24.6 Å². The van der Waals surface area contributed by atoms with Gasteiger partial charge in [0, 0.05) is 19.2 Å². The molecule has 0 aliphatic rings. The van der Waals surface area contributed by atoms with E-state index in [1.165, 1.54) is 6.92 Å². The third-order valence-electron chi connectivity index (χ3n) is 3.89. The summed E-state index contributed by atoms with van der Waals surface area (Å²) in [5.41, 5.74) is 1.47. The Hall–Kier alpha value is -1.75. The van der Waals surface area contributed by atoms with E-state index >= 15 is 0 Å². The van der Waals surface area contributed by atoms with Crippen LogP contribution in [-0.2, 0) is 19.8 Å². The minimum absolute atomic E-state index is 0.0101. The Balaban J connectivity index is 2.21. The molecule has 0 heterocycles. The van der Waals surface area contributed by atoms with E-state index in [1.807, 2.05) is 24.0 Å². The Kier molecular flexibility index (Phi) is 8.60. The van der Waals surface area contributed by atoms with E-state index in [0.717, 1.165) is 11.8 Å². The van der Waals surface area contributed by atoms with Crippen LogP contribution in [0.25, 0.3) is 0 Å².